The Morgan fingerprint density at radius 3 is 2.75 bits per heavy atom. The zero-order valence-corrected chi connectivity index (χ0v) is 18.8. The normalized spacial score (nSPS) is 21.7. The van der Waals surface area contributed by atoms with E-state index in [2.05, 4.69) is 10.2 Å². The second-order valence-electron chi connectivity index (χ2n) is 7.78. The van der Waals surface area contributed by atoms with E-state index in [0.29, 0.717) is 27.6 Å². The van der Waals surface area contributed by atoms with E-state index in [1.807, 2.05) is 6.92 Å². The van der Waals surface area contributed by atoms with Gasteiger partial charge >= 0.3 is 5.91 Å². The van der Waals surface area contributed by atoms with Gasteiger partial charge in [0.05, 0.1) is 11.6 Å². The van der Waals surface area contributed by atoms with Crippen LogP contribution in [-0.2, 0) is 16.0 Å². The number of fused-ring (bicyclic) bond motifs is 1. The van der Waals surface area contributed by atoms with Crippen molar-refractivity contribution in [1.82, 2.24) is 10.2 Å². The fraction of sp³-hybridized carbons (Fsp3) is 0.217. The first-order valence-corrected chi connectivity index (χ1v) is 11.2. The van der Waals surface area contributed by atoms with Gasteiger partial charge in [0.1, 0.15) is 22.6 Å². The molecule has 3 aromatic rings. The highest BCUT2D eigenvalue weighted by Gasteiger charge is 2.48. The molecule has 0 aliphatic carbocycles. The van der Waals surface area contributed by atoms with E-state index in [-0.39, 0.29) is 22.6 Å². The molecule has 1 aromatic heterocycles. The van der Waals surface area contributed by atoms with Gasteiger partial charge in [0, 0.05) is 17.0 Å². The summed E-state index contributed by atoms with van der Waals surface area (Å²) in [5, 5.41) is 20.7. The standard InChI is InChI=1S/C23H18ClN3O4S/c1-11-8-15-9-14(6-7-17(15)31-11)20(28)18-19(13-4-3-5-16(24)10-13)27(22(30)21(18)29)23-26-25-12(2)32-23/h3-7,9-11,19,28H,8H2,1-2H3/b20-18-. The molecule has 0 bridgehead atoms. The first-order valence-electron chi connectivity index (χ1n) is 10.00. The molecule has 162 valence electrons. The number of carbonyl (C=O) groups excluding carboxylic acids is 2. The molecular weight excluding hydrogens is 450 g/mol. The number of nitrogens with zero attached hydrogens (tertiary/aromatic N) is 3. The monoisotopic (exact) mass is 467 g/mol. The number of hydrogen-bond acceptors (Lipinski definition) is 7. The molecule has 0 saturated carbocycles. The van der Waals surface area contributed by atoms with Gasteiger partial charge < -0.3 is 9.84 Å². The molecule has 2 aliphatic heterocycles. The second kappa shape index (κ2) is 7.72. The Kier molecular flexibility index (Phi) is 4.98. The van der Waals surface area contributed by atoms with Crippen LogP contribution in [0.15, 0.2) is 48.0 Å². The first-order chi connectivity index (χ1) is 15.3. The molecule has 0 spiro atoms. The third-order valence-corrected chi connectivity index (χ3v) is 6.57. The molecule has 3 heterocycles. The summed E-state index contributed by atoms with van der Waals surface area (Å²) in [6.45, 7) is 3.73. The highest BCUT2D eigenvalue weighted by atomic mass is 35.5. The molecule has 1 fully saturated rings. The van der Waals surface area contributed by atoms with Crippen LogP contribution in [0.25, 0.3) is 5.76 Å². The molecule has 2 unspecified atom stereocenters. The number of carbonyl (C=O) groups is 2. The fourth-order valence-electron chi connectivity index (χ4n) is 4.13. The molecule has 1 N–H and O–H groups in total. The fourth-order valence-corrected chi connectivity index (χ4v) is 5.04. The zero-order valence-electron chi connectivity index (χ0n) is 17.2. The lowest BCUT2D eigenvalue weighted by atomic mass is 9.94. The minimum atomic E-state index is -0.885. The minimum absolute atomic E-state index is 0.0166. The van der Waals surface area contributed by atoms with Gasteiger partial charge in [0.25, 0.3) is 5.78 Å². The Balaban J connectivity index is 1.69. The Morgan fingerprint density at radius 1 is 1.22 bits per heavy atom. The van der Waals surface area contributed by atoms with E-state index in [9.17, 15) is 14.7 Å². The van der Waals surface area contributed by atoms with Crippen molar-refractivity contribution in [3.63, 3.8) is 0 Å². The number of aryl methyl sites for hydroxylation is 1. The first kappa shape index (κ1) is 20.7. The van der Waals surface area contributed by atoms with Crippen LogP contribution >= 0.6 is 22.9 Å². The van der Waals surface area contributed by atoms with Crippen LogP contribution in [0.2, 0.25) is 5.02 Å². The van der Waals surface area contributed by atoms with Gasteiger partial charge in [0.15, 0.2) is 0 Å². The average Bonchev–Trinajstić information content (AvgIpc) is 3.42. The van der Waals surface area contributed by atoms with Crippen LogP contribution in [0, 0.1) is 6.92 Å². The highest BCUT2D eigenvalue weighted by Crippen LogP contribution is 2.44. The Hall–Kier alpha value is -3.23. The predicted molar refractivity (Wildman–Crippen MR) is 121 cm³/mol. The number of rotatable bonds is 3. The van der Waals surface area contributed by atoms with Gasteiger partial charge in [-0.15, -0.1) is 10.2 Å². The van der Waals surface area contributed by atoms with Crippen LogP contribution < -0.4 is 9.64 Å². The minimum Gasteiger partial charge on any atom is -0.507 e. The molecular formula is C23H18ClN3O4S. The molecule has 2 aliphatic rings. The van der Waals surface area contributed by atoms with Crippen molar-refractivity contribution in [3.8, 4) is 5.75 Å². The maximum atomic E-state index is 13.2. The number of halogens is 1. The van der Waals surface area contributed by atoms with Gasteiger partial charge in [-0.25, -0.2) is 0 Å². The van der Waals surface area contributed by atoms with Crippen molar-refractivity contribution in [2.45, 2.75) is 32.4 Å². The number of aliphatic hydroxyl groups is 1. The van der Waals surface area contributed by atoms with Crippen LogP contribution in [-0.4, -0.2) is 33.1 Å². The number of anilines is 1. The van der Waals surface area contributed by atoms with Gasteiger partial charge in [-0.2, -0.15) is 0 Å². The van der Waals surface area contributed by atoms with Gasteiger partial charge in [-0.1, -0.05) is 35.1 Å². The average molecular weight is 468 g/mol. The maximum absolute atomic E-state index is 13.2. The van der Waals surface area contributed by atoms with E-state index < -0.39 is 17.7 Å². The third-order valence-electron chi connectivity index (χ3n) is 5.50. The number of benzene rings is 2. The lowest BCUT2D eigenvalue weighted by molar-refractivity contribution is -0.132. The quantitative estimate of drug-likeness (QED) is 0.347. The largest absolute Gasteiger partial charge is 0.507 e. The summed E-state index contributed by atoms with van der Waals surface area (Å²) < 4.78 is 5.73. The Bertz CT molecular complexity index is 1300. The van der Waals surface area contributed by atoms with Crippen molar-refractivity contribution in [1.29, 1.82) is 0 Å². The van der Waals surface area contributed by atoms with Crippen molar-refractivity contribution in [2.24, 2.45) is 0 Å². The number of Topliss-reactive ketones (excluding diaryl/α,β-unsaturated/α-hetero) is 1. The predicted octanol–water partition coefficient (Wildman–Crippen LogP) is 4.45. The van der Waals surface area contributed by atoms with Crippen LogP contribution in [0.5, 0.6) is 5.75 Å². The lowest BCUT2D eigenvalue weighted by Crippen LogP contribution is -2.29. The summed E-state index contributed by atoms with van der Waals surface area (Å²) in [5.74, 6) is -1.05. The number of hydrogen-bond donors (Lipinski definition) is 1. The van der Waals surface area contributed by atoms with E-state index in [0.717, 1.165) is 11.3 Å². The zero-order chi connectivity index (χ0) is 22.6. The van der Waals surface area contributed by atoms with E-state index in [1.54, 1.807) is 49.4 Å². The van der Waals surface area contributed by atoms with Crippen LogP contribution in [0.3, 0.4) is 0 Å². The summed E-state index contributed by atoms with van der Waals surface area (Å²) in [5.41, 5.74) is 1.95. The smallest absolute Gasteiger partial charge is 0.301 e. The molecule has 7 nitrogen and oxygen atoms in total. The summed E-state index contributed by atoms with van der Waals surface area (Å²) in [6.07, 6.45) is 0.743. The number of ketones is 1. The molecule has 2 atom stereocenters. The molecule has 1 amide bonds. The van der Waals surface area contributed by atoms with E-state index in [4.69, 9.17) is 16.3 Å². The Morgan fingerprint density at radius 2 is 2.03 bits per heavy atom. The number of ether oxygens (including phenoxy) is 1. The molecule has 5 rings (SSSR count). The number of aliphatic hydroxyl groups excluding tert-OH is 1. The Labute approximate surface area is 192 Å². The maximum Gasteiger partial charge on any atom is 0.301 e. The van der Waals surface area contributed by atoms with Crippen molar-refractivity contribution in [2.75, 3.05) is 4.90 Å². The highest BCUT2D eigenvalue weighted by molar-refractivity contribution is 7.15. The van der Waals surface area contributed by atoms with Crippen molar-refractivity contribution < 1.29 is 19.4 Å². The topological polar surface area (TPSA) is 92.6 Å². The molecule has 1 saturated heterocycles. The summed E-state index contributed by atoms with van der Waals surface area (Å²) in [4.78, 5) is 27.5. The van der Waals surface area contributed by atoms with Crippen LogP contribution in [0.1, 0.15) is 34.7 Å². The SMILES string of the molecule is Cc1nnc(N2C(=O)C(=O)/C(=C(\O)c3ccc4c(c3)CC(C)O4)C2c2cccc(Cl)c2)s1. The van der Waals surface area contributed by atoms with Gasteiger partial charge in [0.2, 0.25) is 5.13 Å². The molecule has 0 radical (unpaired) electrons. The van der Waals surface area contributed by atoms with E-state index >= 15 is 0 Å². The number of aromatic nitrogens is 2. The van der Waals surface area contributed by atoms with Gasteiger partial charge in [-0.05, 0) is 55.3 Å². The molecule has 32 heavy (non-hydrogen) atoms. The summed E-state index contributed by atoms with van der Waals surface area (Å²) in [6, 6.07) is 11.2. The van der Waals surface area contributed by atoms with Crippen molar-refractivity contribution >= 4 is 45.5 Å². The van der Waals surface area contributed by atoms with Gasteiger partial charge in [-0.3, -0.25) is 14.5 Å². The molecule has 9 heteroatoms. The number of amides is 1. The summed E-state index contributed by atoms with van der Waals surface area (Å²) in [7, 11) is 0. The second-order valence-corrected chi connectivity index (χ2v) is 9.38. The summed E-state index contributed by atoms with van der Waals surface area (Å²) >= 11 is 7.41. The lowest BCUT2D eigenvalue weighted by Gasteiger charge is -2.22. The van der Waals surface area contributed by atoms with Crippen LogP contribution in [0.4, 0.5) is 5.13 Å². The van der Waals surface area contributed by atoms with E-state index in [1.165, 1.54) is 16.2 Å². The van der Waals surface area contributed by atoms with Crippen molar-refractivity contribution in [3.05, 3.63) is 74.8 Å². The molecule has 2 aromatic carbocycles. The third kappa shape index (κ3) is 3.36.